The number of carboxylic acids is 2. The van der Waals surface area contributed by atoms with E-state index in [4.69, 9.17) is 4.74 Å². The number of methoxy groups -OCH3 is 1. The molecule has 0 amide bonds. The lowest BCUT2D eigenvalue weighted by atomic mass is 9.62. The number of carboxylic acid groups (broad SMARTS) is 2. The second-order valence-corrected chi connectivity index (χ2v) is 9.79. The Kier molecular flexibility index (Phi) is 6.94. The lowest BCUT2D eigenvalue weighted by Gasteiger charge is -2.57. The van der Waals surface area contributed by atoms with E-state index in [1.54, 1.807) is 0 Å². The molecule has 1 aromatic carbocycles. The second-order valence-electron chi connectivity index (χ2n) is 9.79. The minimum atomic E-state index is -1.86. The van der Waals surface area contributed by atoms with Gasteiger partial charge in [0.05, 0.1) is 18.7 Å². The van der Waals surface area contributed by atoms with E-state index in [9.17, 15) is 34.5 Å². The van der Waals surface area contributed by atoms with Crippen molar-refractivity contribution in [2.45, 2.75) is 63.6 Å². The Labute approximate surface area is 208 Å². The maximum absolute atomic E-state index is 12.8. The van der Waals surface area contributed by atoms with Crippen LogP contribution in [0, 0.1) is 5.41 Å². The average molecular weight is 499 g/mol. The van der Waals surface area contributed by atoms with Gasteiger partial charge in [-0.05, 0) is 55.7 Å². The van der Waals surface area contributed by atoms with E-state index in [1.165, 1.54) is 18.1 Å². The number of benzene rings is 1. The van der Waals surface area contributed by atoms with E-state index in [-0.39, 0.29) is 11.5 Å². The molecule has 1 aromatic heterocycles. The van der Waals surface area contributed by atoms with Gasteiger partial charge in [-0.2, -0.15) is 0 Å². The second kappa shape index (κ2) is 9.67. The van der Waals surface area contributed by atoms with Gasteiger partial charge in [0, 0.05) is 36.4 Å². The average Bonchev–Trinajstić information content (AvgIpc) is 3.22. The molecule has 10 nitrogen and oxygen atoms in total. The maximum Gasteiger partial charge on any atom is 0.359 e. The first-order chi connectivity index (χ1) is 17.1. The predicted molar refractivity (Wildman–Crippen MR) is 123 cm³/mol. The minimum Gasteiger partial charge on any atom is -0.550 e. The van der Waals surface area contributed by atoms with Gasteiger partial charge in [0.25, 0.3) is 0 Å². The molecule has 0 aliphatic carbocycles. The summed E-state index contributed by atoms with van der Waals surface area (Å²) >= 11 is 0. The summed E-state index contributed by atoms with van der Waals surface area (Å²) in [5, 5.41) is 32.2. The summed E-state index contributed by atoms with van der Waals surface area (Å²) in [6.45, 7) is 4.36. The number of piperidine rings is 1. The van der Waals surface area contributed by atoms with Gasteiger partial charge in [0.2, 0.25) is 5.72 Å². The molecule has 1 fully saturated rings. The number of ketones is 1. The van der Waals surface area contributed by atoms with Crippen LogP contribution in [0.4, 0.5) is 0 Å². The van der Waals surface area contributed by atoms with Crippen molar-refractivity contribution in [1.82, 2.24) is 9.47 Å². The highest BCUT2D eigenvalue weighted by molar-refractivity contribution is 6.31. The highest BCUT2D eigenvalue weighted by atomic mass is 16.5. The Hall–Kier alpha value is -3.24. The predicted octanol–water partition coefficient (Wildman–Crippen LogP) is -0.212. The summed E-state index contributed by atoms with van der Waals surface area (Å²) in [7, 11) is 1.37. The number of ether oxygens (including phenoxy) is 1. The summed E-state index contributed by atoms with van der Waals surface area (Å²) in [6, 6.07) is 8.45. The molecule has 5 rings (SSSR count). The number of nitrogens with zero attached hydrogens (tertiary/aromatic N) is 2. The van der Waals surface area contributed by atoms with E-state index in [2.05, 4.69) is 17.9 Å². The number of hydrogen-bond donors (Lipinski definition) is 1. The minimum absolute atomic E-state index is 0.0826. The fraction of sp³-hybridized carbons (Fsp3) is 0.538. The largest absolute Gasteiger partial charge is 0.550 e. The first-order valence-electron chi connectivity index (χ1n) is 12.2. The van der Waals surface area contributed by atoms with Crippen molar-refractivity contribution >= 4 is 34.6 Å². The highest BCUT2D eigenvalue weighted by Gasteiger charge is 2.60. The number of hydrogen-bond acceptors (Lipinski definition) is 9. The Morgan fingerprint density at radius 1 is 1.14 bits per heavy atom. The summed E-state index contributed by atoms with van der Waals surface area (Å²) in [5.41, 5.74) is 1.69. The van der Waals surface area contributed by atoms with Gasteiger partial charge in [-0.15, -0.1) is 0 Å². The number of rotatable bonds is 6. The Balaban J connectivity index is 0.000000261. The Morgan fingerprint density at radius 2 is 1.86 bits per heavy atom. The molecule has 10 heteroatoms. The summed E-state index contributed by atoms with van der Waals surface area (Å²) in [4.78, 5) is 44.8. The van der Waals surface area contributed by atoms with Crippen molar-refractivity contribution < 1.29 is 39.2 Å². The van der Waals surface area contributed by atoms with Crippen LogP contribution in [0.2, 0.25) is 0 Å². The van der Waals surface area contributed by atoms with E-state index in [0.29, 0.717) is 6.42 Å². The number of aliphatic carboxylic acids is 2. The zero-order valence-corrected chi connectivity index (χ0v) is 20.5. The van der Waals surface area contributed by atoms with Crippen LogP contribution in [0.5, 0.6) is 0 Å². The molecule has 4 heterocycles. The van der Waals surface area contributed by atoms with Gasteiger partial charge >= 0.3 is 5.97 Å². The van der Waals surface area contributed by atoms with E-state index in [0.717, 1.165) is 50.0 Å². The molecule has 3 atom stereocenters. The fourth-order valence-electron chi connectivity index (χ4n) is 6.42. The number of esters is 1. The van der Waals surface area contributed by atoms with Crippen molar-refractivity contribution in [1.29, 1.82) is 0 Å². The molecule has 3 aliphatic heterocycles. The smallest absolute Gasteiger partial charge is 0.359 e. The number of aromatic nitrogens is 1. The van der Waals surface area contributed by atoms with Crippen LogP contribution in [-0.4, -0.2) is 58.5 Å². The SMILES string of the molecule is CC[C@]12CCCN3CCc4c(n(c5ccccc45)[C@@](O)(C(=O)OC)C1)[C@@H]32.O=C([O-])CCC(=O)C(=O)[O-]. The number of para-hydroxylation sites is 1. The molecule has 3 aliphatic rings. The first kappa shape index (κ1) is 25.8. The third-order valence-electron chi connectivity index (χ3n) is 7.96. The van der Waals surface area contributed by atoms with Crippen LogP contribution < -0.4 is 10.2 Å². The fourth-order valence-corrected chi connectivity index (χ4v) is 6.42. The summed E-state index contributed by atoms with van der Waals surface area (Å²) in [5.74, 6) is -5.07. The summed E-state index contributed by atoms with van der Waals surface area (Å²) in [6.07, 6.45) is 3.37. The van der Waals surface area contributed by atoms with E-state index < -0.39 is 42.3 Å². The molecular weight excluding hydrogens is 468 g/mol. The number of carbonyl (C=O) groups excluding carboxylic acids is 4. The van der Waals surface area contributed by atoms with Gasteiger partial charge in [0.15, 0.2) is 5.78 Å². The molecule has 1 saturated heterocycles. The van der Waals surface area contributed by atoms with E-state index in [1.807, 2.05) is 22.8 Å². The molecule has 0 unspecified atom stereocenters. The van der Waals surface area contributed by atoms with Crippen LogP contribution in [0.15, 0.2) is 24.3 Å². The van der Waals surface area contributed by atoms with Crippen LogP contribution in [0.1, 0.15) is 62.7 Å². The van der Waals surface area contributed by atoms with Gasteiger partial charge in [-0.3, -0.25) is 9.69 Å². The standard InChI is InChI=1S/C21H26N2O3.C5H6O5/c1-3-20-10-6-11-22-12-9-15-14-7-4-5-8-16(14)23(17(15)18(20)22)21(25,13-20)19(24)26-2;6-3(5(9)10)1-2-4(7)8/h4-5,7-8,18,25H,3,6,9-13H2,1-2H3;1-2H2,(H,7,8)(H,9,10)/p-2/t18-,20+,21+;/m1./s1. The lowest BCUT2D eigenvalue weighted by Crippen LogP contribution is -2.60. The van der Waals surface area contributed by atoms with Gasteiger partial charge in [-0.1, -0.05) is 25.1 Å². The lowest BCUT2D eigenvalue weighted by molar-refractivity contribution is -0.306. The molecule has 0 radical (unpaired) electrons. The van der Waals surface area contributed by atoms with E-state index >= 15 is 0 Å². The topological polar surface area (TPSA) is 152 Å². The third kappa shape index (κ3) is 4.08. The molecule has 0 saturated carbocycles. The van der Waals surface area contributed by atoms with Gasteiger partial charge in [0.1, 0.15) is 5.97 Å². The molecule has 2 aromatic rings. The van der Waals surface area contributed by atoms with Gasteiger partial charge < -0.3 is 34.2 Å². The summed E-state index contributed by atoms with van der Waals surface area (Å²) < 4.78 is 7.01. The van der Waals surface area contributed by atoms with Crippen LogP contribution >= 0.6 is 0 Å². The Bertz CT molecular complexity index is 1220. The van der Waals surface area contributed by atoms with Crippen LogP contribution in [0.25, 0.3) is 10.9 Å². The quantitative estimate of drug-likeness (QED) is 0.421. The Morgan fingerprint density at radius 3 is 2.50 bits per heavy atom. The third-order valence-corrected chi connectivity index (χ3v) is 7.96. The van der Waals surface area contributed by atoms with Crippen molar-refractivity contribution in [3.8, 4) is 0 Å². The molecule has 0 bridgehead atoms. The van der Waals surface area contributed by atoms with Crippen LogP contribution in [0.3, 0.4) is 0 Å². The van der Waals surface area contributed by atoms with Crippen molar-refractivity contribution in [2.75, 3.05) is 20.2 Å². The number of Topliss-reactive ketones (excluding diaryl/α,β-unsaturated/α-hetero) is 1. The van der Waals surface area contributed by atoms with Crippen molar-refractivity contribution in [2.24, 2.45) is 5.41 Å². The highest BCUT2D eigenvalue weighted by Crippen LogP contribution is 2.60. The molecule has 194 valence electrons. The monoisotopic (exact) mass is 498 g/mol. The molecule has 36 heavy (non-hydrogen) atoms. The zero-order valence-electron chi connectivity index (χ0n) is 20.5. The number of carbonyl (C=O) groups is 4. The molecule has 0 spiro atoms. The normalized spacial score (nSPS) is 26.4. The van der Waals surface area contributed by atoms with Crippen LogP contribution in [-0.2, 0) is 36.1 Å². The van der Waals surface area contributed by atoms with Gasteiger partial charge in [-0.25, -0.2) is 4.79 Å². The number of aliphatic hydroxyl groups is 1. The zero-order chi connectivity index (χ0) is 26.3. The first-order valence-corrected chi connectivity index (χ1v) is 12.2. The van der Waals surface area contributed by atoms with Crippen molar-refractivity contribution in [3.63, 3.8) is 0 Å². The number of fused-ring (bicyclic) bond motifs is 3. The molecular formula is C26H30N2O8-2. The molecule has 1 N–H and O–H groups in total. The van der Waals surface area contributed by atoms with Crippen molar-refractivity contribution in [3.05, 3.63) is 35.5 Å². The maximum atomic E-state index is 12.8.